The predicted molar refractivity (Wildman–Crippen MR) is 110 cm³/mol. The highest BCUT2D eigenvalue weighted by Crippen LogP contribution is 2.44. The zero-order chi connectivity index (χ0) is 17.9. The second-order valence-corrected chi connectivity index (χ2v) is 7.86. The average molecular weight is 333 g/mol. The molecule has 24 heavy (non-hydrogen) atoms. The summed E-state index contributed by atoms with van der Waals surface area (Å²) in [6.07, 6.45) is 20.4. The monoisotopic (exact) mass is 332 g/mol. The van der Waals surface area contributed by atoms with Crippen LogP contribution in [-0.2, 0) is 0 Å². The molecule has 0 bridgehead atoms. The summed E-state index contributed by atoms with van der Waals surface area (Å²) in [6, 6.07) is 0. The molecule has 2 saturated carbocycles. The van der Waals surface area contributed by atoms with E-state index in [4.69, 9.17) is 0 Å². The van der Waals surface area contributed by atoms with Crippen molar-refractivity contribution in [2.45, 2.75) is 99.3 Å². The van der Waals surface area contributed by atoms with Gasteiger partial charge in [-0.2, -0.15) is 0 Å². The second kappa shape index (κ2) is 11.9. The van der Waals surface area contributed by atoms with Gasteiger partial charge in [0.05, 0.1) is 0 Å². The molecule has 0 radical (unpaired) electrons. The van der Waals surface area contributed by atoms with E-state index in [-0.39, 0.29) is 0 Å². The quantitative estimate of drug-likeness (QED) is 0.478. The van der Waals surface area contributed by atoms with Crippen molar-refractivity contribution in [3.05, 3.63) is 23.8 Å². The standard InChI is InChI=1S/C20H32.2C2H6/c1-15-7-9-17(10-8-15)18-11-13-19(14-12-18)20-6-4-3-5-16(20)2;2*1-2/h3-4,6,15-19H,5,7-14H2,1-2H3;2*1-2H3. The molecule has 0 amide bonds. The zero-order valence-corrected chi connectivity index (χ0v) is 17.5. The van der Waals surface area contributed by atoms with Gasteiger partial charge in [-0.1, -0.05) is 78.2 Å². The van der Waals surface area contributed by atoms with Crippen molar-refractivity contribution in [1.82, 2.24) is 0 Å². The smallest absolute Gasteiger partial charge is 0.0191 e. The van der Waals surface area contributed by atoms with Crippen LogP contribution >= 0.6 is 0 Å². The Morgan fingerprint density at radius 3 is 1.71 bits per heavy atom. The maximum absolute atomic E-state index is 2.44. The highest BCUT2D eigenvalue weighted by Gasteiger charge is 2.31. The van der Waals surface area contributed by atoms with E-state index in [1.165, 1.54) is 57.8 Å². The molecule has 1 atom stereocenters. The Bertz CT molecular complexity index is 359. The van der Waals surface area contributed by atoms with Crippen molar-refractivity contribution in [3.63, 3.8) is 0 Å². The summed E-state index contributed by atoms with van der Waals surface area (Å²) < 4.78 is 0. The van der Waals surface area contributed by atoms with Crippen LogP contribution in [0.2, 0.25) is 0 Å². The molecule has 0 saturated heterocycles. The number of allylic oxidation sites excluding steroid dienone is 4. The third kappa shape index (κ3) is 6.08. The largest absolute Gasteiger partial charge is 0.0840 e. The maximum Gasteiger partial charge on any atom is -0.0191 e. The number of rotatable bonds is 2. The van der Waals surface area contributed by atoms with Gasteiger partial charge < -0.3 is 0 Å². The van der Waals surface area contributed by atoms with Crippen LogP contribution in [0.1, 0.15) is 99.3 Å². The molecule has 3 aliphatic rings. The topological polar surface area (TPSA) is 0 Å². The second-order valence-electron chi connectivity index (χ2n) is 7.86. The molecule has 0 heteroatoms. The predicted octanol–water partition coefficient (Wildman–Crippen LogP) is 8.19. The van der Waals surface area contributed by atoms with Gasteiger partial charge in [0.2, 0.25) is 0 Å². The minimum Gasteiger partial charge on any atom is -0.0840 e. The van der Waals surface area contributed by atoms with E-state index < -0.39 is 0 Å². The van der Waals surface area contributed by atoms with Gasteiger partial charge in [0, 0.05) is 0 Å². The molecular weight excluding hydrogens is 288 g/mol. The first kappa shape index (κ1) is 21.5. The maximum atomic E-state index is 2.44. The van der Waals surface area contributed by atoms with Gasteiger partial charge in [-0.3, -0.25) is 0 Å². The first-order chi connectivity index (χ1) is 11.7. The fourth-order valence-electron chi connectivity index (χ4n) is 4.98. The molecule has 3 rings (SSSR count). The van der Waals surface area contributed by atoms with Crippen molar-refractivity contribution >= 4 is 0 Å². The average Bonchev–Trinajstić information content (AvgIpc) is 2.66. The van der Waals surface area contributed by atoms with Gasteiger partial charge in [0.25, 0.3) is 0 Å². The Kier molecular flexibility index (Phi) is 10.7. The molecule has 0 N–H and O–H groups in total. The fourth-order valence-corrected chi connectivity index (χ4v) is 4.98. The number of hydrogen-bond acceptors (Lipinski definition) is 0. The van der Waals surface area contributed by atoms with Gasteiger partial charge in [0.1, 0.15) is 0 Å². The van der Waals surface area contributed by atoms with Crippen molar-refractivity contribution in [3.8, 4) is 0 Å². The molecule has 0 heterocycles. The van der Waals surface area contributed by atoms with E-state index in [1.54, 1.807) is 5.57 Å². The molecule has 0 nitrogen and oxygen atoms in total. The van der Waals surface area contributed by atoms with Crippen molar-refractivity contribution in [1.29, 1.82) is 0 Å². The van der Waals surface area contributed by atoms with Crippen LogP contribution in [0.4, 0.5) is 0 Å². The van der Waals surface area contributed by atoms with Crippen molar-refractivity contribution in [2.24, 2.45) is 29.6 Å². The lowest BCUT2D eigenvalue weighted by atomic mass is 9.67. The van der Waals surface area contributed by atoms with E-state index in [0.717, 1.165) is 29.6 Å². The van der Waals surface area contributed by atoms with Gasteiger partial charge in [-0.15, -0.1) is 0 Å². The molecule has 0 aliphatic heterocycles. The molecular formula is C24H44. The SMILES string of the molecule is CC.CC.CC1CCC(C2CCC(C3=CC=CCC3C)CC2)CC1. The first-order valence-corrected chi connectivity index (χ1v) is 11.1. The normalized spacial score (nSPS) is 35.8. The van der Waals surface area contributed by atoms with Crippen molar-refractivity contribution < 1.29 is 0 Å². The van der Waals surface area contributed by atoms with Gasteiger partial charge in [-0.25, -0.2) is 0 Å². The lowest BCUT2D eigenvalue weighted by molar-refractivity contribution is 0.156. The van der Waals surface area contributed by atoms with Crippen LogP contribution in [0.15, 0.2) is 23.8 Å². The summed E-state index contributed by atoms with van der Waals surface area (Å²) in [5.41, 5.74) is 1.77. The van der Waals surface area contributed by atoms with E-state index in [9.17, 15) is 0 Å². The summed E-state index contributed by atoms with van der Waals surface area (Å²) in [7, 11) is 0. The van der Waals surface area contributed by atoms with Crippen LogP contribution < -0.4 is 0 Å². The van der Waals surface area contributed by atoms with E-state index in [0.29, 0.717) is 0 Å². The van der Waals surface area contributed by atoms with Crippen molar-refractivity contribution in [2.75, 3.05) is 0 Å². The lowest BCUT2D eigenvalue weighted by Crippen LogP contribution is -2.26. The fraction of sp³-hybridized carbons (Fsp3) is 0.833. The highest BCUT2D eigenvalue weighted by atomic mass is 14.4. The van der Waals surface area contributed by atoms with Gasteiger partial charge in [0.15, 0.2) is 0 Å². The Morgan fingerprint density at radius 1 is 0.708 bits per heavy atom. The molecule has 0 aromatic carbocycles. The molecule has 0 spiro atoms. The molecule has 2 fully saturated rings. The van der Waals surface area contributed by atoms with E-state index in [1.807, 2.05) is 27.7 Å². The Labute approximate surface area is 153 Å². The minimum absolute atomic E-state index is 0.803. The summed E-state index contributed by atoms with van der Waals surface area (Å²) in [4.78, 5) is 0. The molecule has 0 aromatic heterocycles. The molecule has 1 unspecified atom stereocenters. The summed E-state index contributed by atoms with van der Waals surface area (Å²) >= 11 is 0. The summed E-state index contributed by atoms with van der Waals surface area (Å²) in [6.45, 7) is 12.9. The highest BCUT2D eigenvalue weighted by molar-refractivity contribution is 5.23. The van der Waals surface area contributed by atoms with Crippen LogP contribution in [0, 0.1) is 29.6 Å². The Hall–Kier alpha value is -0.520. The summed E-state index contributed by atoms with van der Waals surface area (Å²) in [5, 5.41) is 0. The lowest BCUT2D eigenvalue weighted by Gasteiger charge is -2.39. The molecule has 3 aliphatic carbocycles. The molecule has 0 aromatic rings. The number of hydrogen-bond donors (Lipinski definition) is 0. The minimum atomic E-state index is 0.803. The van der Waals surface area contributed by atoms with Gasteiger partial charge >= 0.3 is 0 Å². The Morgan fingerprint density at radius 2 is 1.21 bits per heavy atom. The van der Waals surface area contributed by atoms with Crippen LogP contribution in [0.3, 0.4) is 0 Å². The zero-order valence-electron chi connectivity index (χ0n) is 17.5. The Balaban J connectivity index is 0.000000671. The van der Waals surface area contributed by atoms with Crippen LogP contribution in [-0.4, -0.2) is 0 Å². The van der Waals surface area contributed by atoms with E-state index >= 15 is 0 Å². The van der Waals surface area contributed by atoms with Gasteiger partial charge in [-0.05, 0) is 74.5 Å². The van der Waals surface area contributed by atoms with E-state index in [2.05, 4.69) is 32.1 Å². The van der Waals surface area contributed by atoms with Crippen LogP contribution in [0.25, 0.3) is 0 Å². The third-order valence-electron chi connectivity index (χ3n) is 6.45. The summed E-state index contributed by atoms with van der Waals surface area (Å²) in [5.74, 6) is 4.85. The molecule has 140 valence electrons. The third-order valence-corrected chi connectivity index (χ3v) is 6.45. The first-order valence-electron chi connectivity index (χ1n) is 11.1. The van der Waals surface area contributed by atoms with Crippen LogP contribution in [0.5, 0.6) is 0 Å².